The molecule has 4 aromatic heterocycles. The molecule has 338 valence electrons. The van der Waals surface area contributed by atoms with E-state index in [0.29, 0.717) is 73.4 Å². The number of thiazole rings is 2. The number of amides is 1. The molecule has 4 heterocycles. The number of aromatic nitrogens is 4. The van der Waals surface area contributed by atoms with Gasteiger partial charge in [0.15, 0.2) is 0 Å². The van der Waals surface area contributed by atoms with E-state index in [1.165, 1.54) is 22.7 Å². The maximum absolute atomic E-state index is 15.6. The van der Waals surface area contributed by atoms with Gasteiger partial charge in [0.05, 0.1) is 44.5 Å². The number of carboxylic acids is 1. The van der Waals surface area contributed by atoms with Crippen LogP contribution in [0.4, 0.5) is 20.4 Å². The predicted octanol–water partition coefficient (Wildman–Crippen LogP) is 11.2. The Bertz CT molecular complexity index is 2870. The number of pyridine rings is 2. The molecular weight excluding hydrogens is 1020 g/mol. The third-order valence-corrected chi connectivity index (χ3v) is 11.2. The first-order valence-electron chi connectivity index (χ1n) is 19.6. The van der Waals surface area contributed by atoms with Gasteiger partial charge in [-0.15, -0.1) is 22.7 Å². The van der Waals surface area contributed by atoms with E-state index >= 15 is 8.78 Å². The van der Waals surface area contributed by atoms with Gasteiger partial charge in [0, 0.05) is 46.4 Å². The molecule has 0 aliphatic heterocycles. The van der Waals surface area contributed by atoms with E-state index in [-0.39, 0.29) is 30.6 Å². The Balaban J connectivity index is 0.000000209. The van der Waals surface area contributed by atoms with Gasteiger partial charge >= 0.3 is 5.97 Å². The molecule has 0 saturated heterocycles. The first-order chi connectivity index (χ1) is 31.1. The zero-order chi connectivity index (χ0) is 47.2. The highest BCUT2D eigenvalue weighted by molar-refractivity contribution is 14.1. The van der Waals surface area contributed by atoms with Crippen molar-refractivity contribution in [1.29, 1.82) is 0 Å². The monoisotopic (exact) mass is 1070 g/mol. The van der Waals surface area contributed by atoms with Crippen LogP contribution in [0.5, 0.6) is 0 Å². The minimum Gasteiger partial charge on any atom is -0.480 e. The number of nitrogens with two attached hydrogens (primary N) is 1. The van der Waals surface area contributed by atoms with Crippen LogP contribution >= 0.6 is 68.5 Å². The van der Waals surface area contributed by atoms with Gasteiger partial charge in [0.1, 0.15) is 23.3 Å². The van der Waals surface area contributed by atoms with Gasteiger partial charge in [0.2, 0.25) is 5.91 Å². The highest BCUT2D eigenvalue weighted by atomic mass is 127. The van der Waals surface area contributed by atoms with Crippen molar-refractivity contribution in [3.05, 3.63) is 152 Å². The number of alkyl halides is 1. The summed E-state index contributed by atoms with van der Waals surface area (Å²) in [6.07, 6.45) is 4.12. The largest absolute Gasteiger partial charge is 0.480 e. The number of carbonyl (C=O) groups is 2. The van der Waals surface area contributed by atoms with Gasteiger partial charge < -0.3 is 21.1 Å². The highest BCUT2D eigenvalue weighted by Crippen LogP contribution is 2.38. The summed E-state index contributed by atoms with van der Waals surface area (Å²) < 4.78 is 32.8. The van der Waals surface area contributed by atoms with Crippen LogP contribution in [0.1, 0.15) is 22.3 Å². The van der Waals surface area contributed by atoms with Crippen molar-refractivity contribution in [1.82, 2.24) is 29.7 Å². The Morgan fingerprint density at radius 1 is 0.692 bits per heavy atom. The van der Waals surface area contributed by atoms with Gasteiger partial charge in [-0.3, -0.25) is 14.5 Å². The predicted molar refractivity (Wildman–Crippen MR) is 272 cm³/mol. The summed E-state index contributed by atoms with van der Waals surface area (Å²) in [5, 5.41) is 11.9. The number of hydrogen-bond donors (Lipinski definition) is 3. The van der Waals surface area contributed by atoms with E-state index in [9.17, 15) is 9.59 Å². The first-order valence-corrected chi connectivity index (χ1v) is 24.3. The molecule has 8 aromatic rings. The molecule has 18 heteroatoms. The number of hydrogen-bond acceptors (Lipinski definition) is 11. The minimum absolute atomic E-state index is 0.111. The lowest BCUT2D eigenvalue weighted by atomic mass is 9.97. The molecule has 4 aromatic carbocycles. The summed E-state index contributed by atoms with van der Waals surface area (Å²) >= 11 is 17.3. The van der Waals surface area contributed by atoms with Crippen LogP contribution in [0.15, 0.2) is 108 Å². The lowest BCUT2D eigenvalue weighted by molar-refractivity contribution is -0.137. The molecule has 11 nitrogen and oxygen atoms in total. The van der Waals surface area contributed by atoms with Crippen LogP contribution in [-0.4, -0.2) is 92.9 Å². The molecule has 0 atom stereocenters. The Morgan fingerprint density at radius 2 is 1.17 bits per heavy atom. The average molecular weight is 1070 g/mol. The molecule has 4 N–H and O–H groups in total. The molecule has 0 spiro atoms. The fourth-order valence-electron chi connectivity index (χ4n) is 6.46. The summed E-state index contributed by atoms with van der Waals surface area (Å²) in [5.41, 5.74) is 15.6. The van der Waals surface area contributed by atoms with E-state index in [1.54, 1.807) is 89.8 Å². The van der Waals surface area contributed by atoms with Gasteiger partial charge in [-0.2, -0.15) is 0 Å². The Hall–Kier alpha value is -5.21. The maximum atomic E-state index is 15.6. The second kappa shape index (κ2) is 24.4. The zero-order valence-corrected chi connectivity index (χ0v) is 41.3. The standard InChI is InChI=1S/C23H20ClFN4OS.C19H13ClFN3S.C4H9NO2.CH3I/c1-29(2)12-20(30)28-19-7-6-14(11-26-19)8-16-10-18-23(27-13-31-18)21(22(16)25)15-4-3-5-17(24)9-15;20-14-3-1-2-12(7-14)17-18(21)13(8-15-19(17)24-10-25-15)6-11-4-5-16(22)23-9-11;1-5(2)3-4(6)7;1-2/h3-7,9-11,13H,8,12H2,1-2H3,(H,26,28,30);1-5,7-10H,6H2,(H2,22,23);3H2,1-2H3,(H,6,7);1H3. The maximum Gasteiger partial charge on any atom is 0.317 e. The molecule has 65 heavy (non-hydrogen) atoms. The van der Waals surface area contributed by atoms with E-state index in [4.69, 9.17) is 34.0 Å². The number of nitrogens with zero attached hydrogens (tertiary/aromatic N) is 6. The number of aliphatic carboxylic acids is 1. The molecule has 0 bridgehead atoms. The molecule has 1 amide bonds. The lowest BCUT2D eigenvalue weighted by Crippen LogP contribution is -2.27. The second-order valence-electron chi connectivity index (χ2n) is 14.8. The molecular formula is C47H45Cl2F2IN8O3S2. The zero-order valence-electron chi connectivity index (χ0n) is 36.0. The molecule has 0 radical (unpaired) electrons. The fraction of sp³-hybridized carbons (Fsp3) is 0.191. The first kappa shape index (κ1) is 50.8. The van der Waals surface area contributed by atoms with Crippen molar-refractivity contribution in [2.45, 2.75) is 12.8 Å². The number of nitrogens with one attached hydrogen (secondary N) is 1. The minimum atomic E-state index is -0.787. The Kier molecular flexibility index (Phi) is 19.0. The van der Waals surface area contributed by atoms with E-state index < -0.39 is 5.97 Å². The van der Waals surface area contributed by atoms with Crippen LogP contribution in [0.2, 0.25) is 10.0 Å². The molecule has 0 fully saturated rings. The van der Waals surface area contributed by atoms with Crippen molar-refractivity contribution in [2.24, 2.45) is 0 Å². The number of halogens is 5. The van der Waals surface area contributed by atoms with Crippen molar-refractivity contribution in [2.75, 3.05) is 57.3 Å². The van der Waals surface area contributed by atoms with Gasteiger partial charge in [-0.1, -0.05) is 82.2 Å². The molecule has 0 saturated carbocycles. The quantitative estimate of drug-likeness (QED) is 0.0844. The van der Waals surface area contributed by atoms with E-state index in [1.807, 2.05) is 61.5 Å². The van der Waals surface area contributed by atoms with Crippen LogP contribution < -0.4 is 11.1 Å². The van der Waals surface area contributed by atoms with Gasteiger partial charge in [-0.25, -0.2) is 28.7 Å². The van der Waals surface area contributed by atoms with Crippen molar-refractivity contribution < 1.29 is 23.5 Å². The van der Waals surface area contributed by atoms with Crippen LogP contribution in [0.25, 0.3) is 42.7 Å². The van der Waals surface area contributed by atoms with Crippen LogP contribution in [-0.2, 0) is 22.4 Å². The summed E-state index contributed by atoms with van der Waals surface area (Å²) in [6, 6.07) is 25.2. The number of benzene rings is 4. The third-order valence-electron chi connectivity index (χ3n) is 9.14. The third kappa shape index (κ3) is 14.4. The topological polar surface area (TPSA) is 150 Å². The fourth-order valence-corrected chi connectivity index (χ4v) is 8.34. The summed E-state index contributed by atoms with van der Waals surface area (Å²) in [4.78, 5) is 44.1. The Morgan fingerprint density at radius 3 is 1.55 bits per heavy atom. The molecule has 0 aliphatic carbocycles. The molecule has 0 unspecified atom stereocenters. The van der Waals surface area contributed by atoms with Gasteiger partial charge in [-0.05, 0) is 115 Å². The summed E-state index contributed by atoms with van der Waals surface area (Å²) in [6.45, 7) is 0.385. The molecule has 0 aliphatic rings. The smallest absolute Gasteiger partial charge is 0.317 e. The highest BCUT2D eigenvalue weighted by Gasteiger charge is 2.20. The average Bonchev–Trinajstić information content (AvgIpc) is 3.93. The van der Waals surface area contributed by atoms with Crippen LogP contribution in [0, 0.1) is 11.6 Å². The van der Waals surface area contributed by atoms with E-state index in [2.05, 4.69) is 47.8 Å². The number of fused-ring (bicyclic) bond motifs is 2. The number of nitrogen functional groups attached to an aromatic ring is 1. The second-order valence-corrected chi connectivity index (χ2v) is 17.4. The van der Waals surface area contributed by atoms with Gasteiger partial charge in [0.25, 0.3) is 0 Å². The SMILES string of the molecule is CI.CN(C)CC(=O)Nc1ccc(Cc2cc3scnc3c(-c3cccc(Cl)c3)c2F)cn1.CN(C)CC(=O)O.Nc1ccc(Cc2cc3scnc3c(-c3cccc(Cl)c3)c2F)cn1. The summed E-state index contributed by atoms with van der Waals surface area (Å²) in [5.74, 6) is -0.611. The number of carboxylic acid groups (broad SMARTS) is 1. The number of rotatable bonds is 11. The number of anilines is 2. The van der Waals surface area contributed by atoms with E-state index in [0.717, 1.165) is 26.1 Å². The lowest BCUT2D eigenvalue weighted by Gasteiger charge is -2.12. The van der Waals surface area contributed by atoms with Crippen molar-refractivity contribution in [3.63, 3.8) is 0 Å². The normalized spacial score (nSPS) is 10.8. The van der Waals surface area contributed by atoms with Crippen molar-refractivity contribution in [3.8, 4) is 22.3 Å². The summed E-state index contributed by atoms with van der Waals surface area (Å²) in [7, 11) is 7.08. The van der Waals surface area contributed by atoms with Crippen LogP contribution in [0.3, 0.4) is 0 Å². The Labute approximate surface area is 407 Å². The number of likely N-dealkylation sites (N-methyl/N-ethyl adjacent to an activating group) is 2. The molecule has 8 rings (SSSR count). The van der Waals surface area contributed by atoms with Crippen molar-refractivity contribution >= 4 is 112 Å². The number of carbonyl (C=O) groups excluding carboxylic acids is 1.